The first-order valence-corrected chi connectivity index (χ1v) is 11.5. The smallest absolute Gasteiger partial charge is 0.134 e. The normalized spacial score (nSPS) is 31.9. The lowest BCUT2D eigenvalue weighted by Crippen LogP contribution is -2.55. The zero-order valence-corrected chi connectivity index (χ0v) is 18.2. The van der Waals surface area contributed by atoms with Crippen LogP contribution in [0.2, 0.25) is 5.02 Å². The fraction of sp³-hybridized carbons (Fsp3) is 0.500. The molecule has 1 aromatic carbocycles. The molecule has 1 aromatic heterocycles. The summed E-state index contributed by atoms with van der Waals surface area (Å²) < 4.78 is 11.4. The summed E-state index contributed by atoms with van der Waals surface area (Å²) in [6.45, 7) is 0.228. The van der Waals surface area contributed by atoms with Gasteiger partial charge in [-0.2, -0.15) is 0 Å². The number of hydrogen-bond donors (Lipinski definition) is 4. The minimum absolute atomic E-state index is 0.302. The highest BCUT2D eigenvalue weighted by Crippen LogP contribution is 2.57. The van der Waals surface area contributed by atoms with Gasteiger partial charge in [-0.05, 0) is 36.1 Å². The van der Waals surface area contributed by atoms with Crippen molar-refractivity contribution in [2.45, 2.75) is 55.2 Å². The van der Waals surface area contributed by atoms with Crippen LogP contribution < -0.4 is 0 Å². The van der Waals surface area contributed by atoms with Gasteiger partial charge in [-0.1, -0.05) is 23.7 Å². The van der Waals surface area contributed by atoms with Crippen LogP contribution in [0.15, 0.2) is 30.5 Å². The van der Waals surface area contributed by atoms with E-state index < -0.39 is 37.1 Å². The van der Waals surface area contributed by atoms with Crippen molar-refractivity contribution < 1.29 is 29.9 Å². The van der Waals surface area contributed by atoms with Crippen LogP contribution in [-0.4, -0.2) is 63.0 Å². The second-order valence-corrected chi connectivity index (χ2v) is 9.74. The standard InChI is InChI=1S/C22H24ClNO6S/c23-13-4-3-11(20-19(28)18(27)17(26)15(10-25)30-20)8-12(13)22(5-6-22)21-24-9-16(31-21)14-2-1-7-29-14/h2-4,8-9,15,17-20,25-28H,1,5-7,10H2/t15-,17-,18+,19-,20+/m1/s1. The molecular formula is C22H24ClNO6S. The van der Waals surface area contributed by atoms with Crippen molar-refractivity contribution in [2.75, 3.05) is 13.2 Å². The zero-order valence-electron chi connectivity index (χ0n) is 16.6. The molecule has 4 N–H and O–H groups in total. The highest BCUT2D eigenvalue weighted by Gasteiger charge is 2.51. The Morgan fingerprint density at radius 3 is 2.65 bits per heavy atom. The quantitative estimate of drug-likeness (QED) is 0.535. The fourth-order valence-electron chi connectivity index (χ4n) is 4.39. The molecule has 7 nitrogen and oxygen atoms in total. The first-order valence-electron chi connectivity index (χ1n) is 10.3. The van der Waals surface area contributed by atoms with Crippen LogP contribution in [0, 0.1) is 0 Å². The molecule has 3 aliphatic rings. The molecule has 5 rings (SSSR count). The van der Waals surface area contributed by atoms with Gasteiger partial charge >= 0.3 is 0 Å². The predicted molar refractivity (Wildman–Crippen MR) is 115 cm³/mol. The third-order valence-electron chi connectivity index (χ3n) is 6.34. The number of aromatic nitrogens is 1. The molecule has 5 atom stereocenters. The molecule has 3 heterocycles. The number of nitrogens with zero attached hydrogens (tertiary/aromatic N) is 1. The van der Waals surface area contributed by atoms with E-state index in [9.17, 15) is 20.4 Å². The van der Waals surface area contributed by atoms with Gasteiger partial charge in [-0.25, -0.2) is 4.98 Å². The Kier molecular flexibility index (Phi) is 5.58. The van der Waals surface area contributed by atoms with Gasteiger partial charge in [-0.15, -0.1) is 11.3 Å². The molecule has 0 unspecified atom stereocenters. The molecule has 0 amide bonds. The van der Waals surface area contributed by atoms with Crippen LogP contribution >= 0.6 is 22.9 Å². The molecule has 2 aliphatic heterocycles. The maximum atomic E-state index is 10.5. The molecule has 166 valence electrons. The van der Waals surface area contributed by atoms with Crippen LogP contribution in [0.4, 0.5) is 0 Å². The van der Waals surface area contributed by atoms with E-state index >= 15 is 0 Å². The molecular weight excluding hydrogens is 442 g/mol. The van der Waals surface area contributed by atoms with Crippen molar-refractivity contribution in [3.8, 4) is 0 Å². The maximum Gasteiger partial charge on any atom is 0.134 e. The van der Waals surface area contributed by atoms with Crippen molar-refractivity contribution >= 4 is 28.7 Å². The SMILES string of the molecule is OC[C@H]1O[C@@H](c2ccc(Cl)c(C3(c4ncc(C5=CCCO5)s4)CC3)c2)[C@H](O)[C@@H](O)[C@@H]1O. The first kappa shape index (κ1) is 21.3. The number of hydrogen-bond acceptors (Lipinski definition) is 8. The van der Waals surface area contributed by atoms with Crippen molar-refractivity contribution in [3.63, 3.8) is 0 Å². The molecule has 1 aliphatic carbocycles. The first-order chi connectivity index (χ1) is 14.9. The molecule has 1 saturated carbocycles. The van der Waals surface area contributed by atoms with E-state index in [1.165, 1.54) is 0 Å². The maximum absolute atomic E-state index is 10.5. The van der Waals surface area contributed by atoms with E-state index in [2.05, 4.69) is 11.1 Å². The summed E-state index contributed by atoms with van der Waals surface area (Å²) in [6.07, 6.45) is 0.612. The molecule has 0 spiro atoms. The molecule has 2 aromatic rings. The van der Waals surface area contributed by atoms with E-state index in [4.69, 9.17) is 21.1 Å². The predicted octanol–water partition coefficient (Wildman–Crippen LogP) is 2.15. The van der Waals surface area contributed by atoms with E-state index in [0.29, 0.717) is 17.2 Å². The second kappa shape index (κ2) is 8.12. The van der Waals surface area contributed by atoms with Crippen LogP contribution in [0.1, 0.15) is 46.4 Å². The Morgan fingerprint density at radius 2 is 1.97 bits per heavy atom. The second-order valence-electron chi connectivity index (χ2n) is 8.31. The summed E-state index contributed by atoms with van der Waals surface area (Å²) in [4.78, 5) is 5.67. The Bertz CT molecular complexity index is 1000. The van der Waals surface area contributed by atoms with Gasteiger partial charge in [-0.3, -0.25) is 0 Å². The van der Waals surface area contributed by atoms with Crippen molar-refractivity contribution in [2.24, 2.45) is 0 Å². The third-order valence-corrected chi connectivity index (χ3v) is 7.89. The van der Waals surface area contributed by atoms with Crippen LogP contribution in [-0.2, 0) is 14.9 Å². The number of aliphatic hydroxyl groups excluding tert-OH is 4. The highest BCUT2D eigenvalue weighted by molar-refractivity contribution is 7.12. The summed E-state index contributed by atoms with van der Waals surface area (Å²) in [7, 11) is 0. The van der Waals surface area contributed by atoms with Gasteiger partial charge in [0.15, 0.2) is 0 Å². The van der Waals surface area contributed by atoms with Gasteiger partial charge in [0.05, 0.1) is 18.1 Å². The Labute approximate surface area is 188 Å². The van der Waals surface area contributed by atoms with E-state index in [1.807, 2.05) is 12.3 Å². The van der Waals surface area contributed by atoms with Gasteiger partial charge in [0, 0.05) is 23.1 Å². The summed E-state index contributed by atoms with van der Waals surface area (Å²) in [5.41, 5.74) is 1.22. The van der Waals surface area contributed by atoms with Gasteiger partial charge in [0.1, 0.15) is 41.3 Å². The van der Waals surface area contributed by atoms with Gasteiger partial charge in [0.2, 0.25) is 0 Å². The van der Waals surface area contributed by atoms with Crippen LogP contribution in [0.3, 0.4) is 0 Å². The summed E-state index contributed by atoms with van der Waals surface area (Å²) >= 11 is 8.20. The lowest BCUT2D eigenvalue weighted by molar-refractivity contribution is -0.231. The monoisotopic (exact) mass is 465 g/mol. The van der Waals surface area contributed by atoms with Gasteiger partial charge < -0.3 is 29.9 Å². The average molecular weight is 466 g/mol. The number of thiazole rings is 1. The number of halogens is 1. The highest BCUT2D eigenvalue weighted by atomic mass is 35.5. The summed E-state index contributed by atoms with van der Waals surface area (Å²) in [5.74, 6) is 0.876. The fourth-order valence-corrected chi connectivity index (χ4v) is 5.86. The molecule has 2 fully saturated rings. The van der Waals surface area contributed by atoms with Gasteiger partial charge in [0.25, 0.3) is 0 Å². The van der Waals surface area contributed by atoms with Crippen molar-refractivity contribution in [3.05, 3.63) is 56.5 Å². The topological polar surface area (TPSA) is 112 Å². The van der Waals surface area contributed by atoms with E-state index in [-0.39, 0.29) is 5.41 Å². The molecule has 0 bridgehead atoms. The zero-order chi connectivity index (χ0) is 21.8. The molecule has 1 saturated heterocycles. The molecule has 31 heavy (non-hydrogen) atoms. The van der Waals surface area contributed by atoms with Crippen molar-refractivity contribution in [1.82, 2.24) is 4.98 Å². The summed E-state index contributed by atoms with van der Waals surface area (Å²) in [6, 6.07) is 5.37. The lowest BCUT2D eigenvalue weighted by atomic mass is 9.88. The Hall–Kier alpha value is -1.52. The molecule has 9 heteroatoms. The number of aliphatic hydroxyl groups is 4. The Balaban J connectivity index is 1.48. The van der Waals surface area contributed by atoms with E-state index in [1.54, 1.807) is 23.5 Å². The van der Waals surface area contributed by atoms with Crippen LogP contribution in [0.25, 0.3) is 5.76 Å². The van der Waals surface area contributed by atoms with E-state index in [0.717, 1.165) is 40.5 Å². The number of benzene rings is 1. The largest absolute Gasteiger partial charge is 0.492 e. The number of ether oxygens (including phenoxy) is 2. The van der Waals surface area contributed by atoms with Crippen LogP contribution in [0.5, 0.6) is 0 Å². The summed E-state index contributed by atoms with van der Waals surface area (Å²) in [5, 5.41) is 41.8. The lowest BCUT2D eigenvalue weighted by Gasteiger charge is -2.40. The minimum atomic E-state index is -1.42. The Morgan fingerprint density at radius 1 is 1.16 bits per heavy atom. The van der Waals surface area contributed by atoms with Crippen molar-refractivity contribution in [1.29, 1.82) is 0 Å². The average Bonchev–Trinajstić information content (AvgIpc) is 3.17. The number of rotatable bonds is 5. The molecule has 0 radical (unpaired) electrons. The third kappa shape index (κ3) is 3.60. The minimum Gasteiger partial charge on any atom is -0.492 e.